The Balaban J connectivity index is 2.22. The fourth-order valence-corrected chi connectivity index (χ4v) is 3.86. The molecule has 0 N–H and O–H groups in total. The number of hydrogen-bond acceptors (Lipinski definition) is 4. The van der Waals surface area contributed by atoms with Crippen LogP contribution < -0.4 is 0 Å². The second kappa shape index (κ2) is 8.17. The highest BCUT2D eigenvalue weighted by Gasteiger charge is 2.51. The van der Waals surface area contributed by atoms with E-state index in [-0.39, 0.29) is 25.4 Å². The van der Waals surface area contributed by atoms with Crippen LogP contribution in [0.25, 0.3) is 0 Å². The number of halogens is 6. The molecule has 0 atom stereocenters. The molecule has 1 aromatic rings. The second-order valence-corrected chi connectivity index (χ2v) is 8.44. The molecule has 0 amide bonds. The molecule has 0 aliphatic carbocycles. The van der Waals surface area contributed by atoms with Crippen molar-refractivity contribution in [3.8, 4) is 0 Å². The van der Waals surface area contributed by atoms with E-state index >= 15 is 0 Å². The van der Waals surface area contributed by atoms with Gasteiger partial charge in [-0.05, 0) is 36.6 Å². The molecule has 0 unspecified atom stereocenters. The van der Waals surface area contributed by atoms with Gasteiger partial charge in [0.1, 0.15) is 5.76 Å². The fraction of sp³-hybridized carbons (Fsp3) is 0.556. The van der Waals surface area contributed by atoms with Crippen LogP contribution in [0.1, 0.15) is 37.8 Å². The van der Waals surface area contributed by atoms with Gasteiger partial charge in [-0.1, -0.05) is 26.0 Å². The Kier molecular flexibility index (Phi) is 6.63. The van der Waals surface area contributed by atoms with Crippen molar-refractivity contribution in [3.05, 3.63) is 47.2 Å². The van der Waals surface area contributed by atoms with Crippen LogP contribution in [-0.2, 0) is 27.0 Å². The zero-order chi connectivity index (χ0) is 22.1. The van der Waals surface area contributed by atoms with Crippen molar-refractivity contribution in [2.75, 3.05) is 13.1 Å². The molecule has 0 spiro atoms. The Morgan fingerprint density at radius 1 is 1.03 bits per heavy atom. The van der Waals surface area contributed by atoms with E-state index in [0.29, 0.717) is 18.4 Å². The standard InChI is InChI=1S/C18H21F6NO3S/c1-3-16(4-2)12-25(10-9-15(16)28-29(26,27)18(22,23)24)11-13-5-7-14(8-6-13)17(19,20)21/h5-9H,3-4,10-12H2,1-2H3. The minimum Gasteiger partial charge on any atom is -0.380 e. The monoisotopic (exact) mass is 445 g/mol. The Hall–Kier alpha value is -1.75. The summed E-state index contributed by atoms with van der Waals surface area (Å²) >= 11 is 0. The summed E-state index contributed by atoms with van der Waals surface area (Å²) in [6, 6.07) is 4.61. The van der Waals surface area contributed by atoms with E-state index in [1.807, 2.05) is 4.90 Å². The molecular weight excluding hydrogens is 424 g/mol. The van der Waals surface area contributed by atoms with E-state index in [1.165, 1.54) is 18.2 Å². The molecule has 4 nitrogen and oxygen atoms in total. The average Bonchev–Trinajstić information content (AvgIpc) is 2.61. The van der Waals surface area contributed by atoms with Gasteiger partial charge in [0.2, 0.25) is 0 Å². The van der Waals surface area contributed by atoms with Crippen LogP contribution in [0.4, 0.5) is 26.3 Å². The average molecular weight is 445 g/mol. The lowest BCUT2D eigenvalue weighted by Crippen LogP contribution is -2.44. The molecule has 0 fully saturated rings. The van der Waals surface area contributed by atoms with Gasteiger partial charge in [0, 0.05) is 25.0 Å². The van der Waals surface area contributed by atoms with Crippen LogP contribution in [-0.4, -0.2) is 31.9 Å². The second-order valence-electron chi connectivity index (χ2n) is 6.90. The van der Waals surface area contributed by atoms with Crippen molar-refractivity contribution < 1.29 is 38.9 Å². The Labute approximate surface area is 165 Å². The molecular formula is C18H21F6NO3S. The van der Waals surface area contributed by atoms with Gasteiger partial charge in [-0.2, -0.15) is 34.8 Å². The molecule has 164 valence electrons. The third-order valence-corrected chi connectivity index (χ3v) is 6.07. The SMILES string of the molecule is CCC1(CC)CN(Cc2ccc(C(F)(F)F)cc2)CC=C1OS(=O)(=O)C(F)(F)F. The molecule has 0 saturated carbocycles. The normalized spacial score (nSPS) is 18.4. The van der Waals surface area contributed by atoms with Crippen LogP contribution in [0.3, 0.4) is 0 Å². The van der Waals surface area contributed by atoms with E-state index in [9.17, 15) is 34.8 Å². The highest BCUT2D eigenvalue weighted by atomic mass is 32.2. The summed E-state index contributed by atoms with van der Waals surface area (Å²) in [4.78, 5) is 1.82. The van der Waals surface area contributed by atoms with Gasteiger partial charge in [-0.3, -0.25) is 4.90 Å². The molecule has 1 aromatic carbocycles. The number of alkyl halides is 6. The third kappa shape index (κ3) is 5.25. The van der Waals surface area contributed by atoms with E-state index in [1.54, 1.807) is 13.8 Å². The molecule has 2 rings (SSSR count). The van der Waals surface area contributed by atoms with Crippen LogP contribution in [0.2, 0.25) is 0 Å². The molecule has 1 aliphatic heterocycles. The molecule has 1 aliphatic rings. The first-order valence-corrected chi connectivity index (χ1v) is 10.2. The summed E-state index contributed by atoms with van der Waals surface area (Å²) in [6.07, 6.45) is -2.50. The van der Waals surface area contributed by atoms with Gasteiger partial charge in [0.15, 0.2) is 0 Å². The zero-order valence-corrected chi connectivity index (χ0v) is 16.6. The molecule has 1 heterocycles. The van der Waals surface area contributed by atoms with Crippen molar-refractivity contribution in [2.45, 2.75) is 44.9 Å². The van der Waals surface area contributed by atoms with Crippen LogP contribution >= 0.6 is 0 Å². The lowest BCUT2D eigenvalue weighted by atomic mass is 9.78. The van der Waals surface area contributed by atoms with E-state index in [2.05, 4.69) is 4.18 Å². The molecule has 0 saturated heterocycles. The summed E-state index contributed by atoms with van der Waals surface area (Å²) in [5, 5.41) is 0. The van der Waals surface area contributed by atoms with E-state index < -0.39 is 32.8 Å². The predicted molar refractivity (Wildman–Crippen MR) is 93.9 cm³/mol. The quantitative estimate of drug-likeness (QED) is 0.348. The number of hydrogen-bond donors (Lipinski definition) is 0. The lowest BCUT2D eigenvalue weighted by Gasteiger charge is -2.41. The lowest BCUT2D eigenvalue weighted by molar-refractivity contribution is -0.137. The highest BCUT2D eigenvalue weighted by Crippen LogP contribution is 2.42. The van der Waals surface area contributed by atoms with Crippen LogP contribution in [0.15, 0.2) is 36.1 Å². The Morgan fingerprint density at radius 2 is 1.59 bits per heavy atom. The first-order valence-electron chi connectivity index (χ1n) is 8.84. The summed E-state index contributed by atoms with van der Waals surface area (Å²) < 4.78 is 103. The van der Waals surface area contributed by atoms with Crippen molar-refractivity contribution in [2.24, 2.45) is 5.41 Å². The number of rotatable bonds is 6. The van der Waals surface area contributed by atoms with Gasteiger partial charge >= 0.3 is 21.8 Å². The third-order valence-electron chi connectivity index (χ3n) is 5.11. The predicted octanol–water partition coefficient (Wildman–Crippen LogP) is 5.08. The smallest absolute Gasteiger partial charge is 0.380 e. The zero-order valence-electron chi connectivity index (χ0n) is 15.8. The minimum atomic E-state index is -5.78. The van der Waals surface area contributed by atoms with Gasteiger partial charge in [-0.15, -0.1) is 0 Å². The maximum atomic E-state index is 12.7. The summed E-state index contributed by atoms with van der Waals surface area (Å²) in [5.74, 6) is -0.247. The van der Waals surface area contributed by atoms with Gasteiger partial charge in [-0.25, -0.2) is 0 Å². The van der Waals surface area contributed by atoms with Crippen LogP contribution in [0, 0.1) is 5.41 Å². The maximum Gasteiger partial charge on any atom is 0.534 e. The van der Waals surface area contributed by atoms with Crippen molar-refractivity contribution >= 4 is 10.1 Å². The molecule has 0 aromatic heterocycles. The van der Waals surface area contributed by atoms with Gasteiger partial charge in [0.25, 0.3) is 0 Å². The van der Waals surface area contributed by atoms with Gasteiger partial charge < -0.3 is 4.18 Å². The summed E-state index contributed by atoms with van der Waals surface area (Å²) in [5.41, 5.74) is -6.66. The number of nitrogens with zero attached hydrogens (tertiary/aromatic N) is 1. The molecule has 29 heavy (non-hydrogen) atoms. The summed E-state index contributed by atoms with van der Waals surface area (Å²) in [7, 11) is -5.78. The Bertz CT molecular complexity index is 840. The van der Waals surface area contributed by atoms with E-state index in [4.69, 9.17) is 0 Å². The first-order chi connectivity index (χ1) is 13.2. The maximum absolute atomic E-state index is 12.7. The fourth-order valence-electron chi connectivity index (χ4n) is 3.29. The van der Waals surface area contributed by atoms with Crippen molar-refractivity contribution in [1.82, 2.24) is 4.90 Å². The van der Waals surface area contributed by atoms with E-state index in [0.717, 1.165) is 12.1 Å². The van der Waals surface area contributed by atoms with Crippen molar-refractivity contribution in [1.29, 1.82) is 0 Å². The number of benzene rings is 1. The minimum absolute atomic E-state index is 0.103. The van der Waals surface area contributed by atoms with Gasteiger partial charge in [0.05, 0.1) is 5.56 Å². The highest BCUT2D eigenvalue weighted by molar-refractivity contribution is 7.87. The Morgan fingerprint density at radius 3 is 2.03 bits per heavy atom. The van der Waals surface area contributed by atoms with Crippen molar-refractivity contribution in [3.63, 3.8) is 0 Å². The molecule has 11 heteroatoms. The first kappa shape index (κ1) is 23.5. The van der Waals surface area contributed by atoms with Crippen LogP contribution in [0.5, 0.6) is 0 Å². The molecule has 0 bridgehead atoms. The molecule has 0 radical (unpaired) electrons. The topological polar surface area (TPSA) is 46.6 Å². The summed E-state index contributed by atoms with van der Waals surface area (Å²) in [6.45, 7) is 3.99. The largest absolute Gasteiger partial charge is 0.534 e.